The fourth-order valence-corrected chi connectivity index (χ4v) is 3.95. The van der Waals surface area contributed by atoms with Crippen molar-refractivity contribution < 1.29 is 25.8 Å². The van der Waals surface area contributed by atoms with Gasteiger partial charge < -0.3 is 0 Å². The molecule has 0 heterocycles. The molecule has 0 radical (unpaired) electrons. The van der Waals surface area contributed by atoms with Gasteiger partial charge in [-0.2, -0.15) is 21.6 Å². The summed E-state index contributed by atoms with van der Waals surface area (Å²) in [4.78, 5) is -0.124. The van der Waals surface area contributed by atoms with Crippen molar-refractivity contribution in [2.75, 3.05) is 6.61 Å². The second-order valence-corrected chi connectivity index (χ2v) is 8.38. The van der Waals surface area contributed by atoms with Gasteiger partial charge >= 0.3 is 6.18 Å². The smallest absolute Gasteiger partial charge is 0.257 e. The zero-order valence-electron chi connectivity index (χ0n) is 14.9. The van der Waals surface area contributed by atoms with E-state index in [0.29, 0.717) is 11.1 Å². The zero-order chi connectivity index (χ0) is 18.9. The molecule has 0 fully saturated rings. The molecule has 0 amide bonds. The van der Waals surface area contributed by atoms with Gasteiger partial charge in [-0.05, 0) is 34.4 Å². The van der Waals surface area contributed by atoms with Crippen molar-refractivity contribution in [3.63, 3.8) is 0 Å². The Balaban J connectivity index is 3.59. The van der Waals surface area contributed by atoms with Crippen LogP contribution in [0.4, 0.5) is 13.2 Å². The van der Waals surface area contributed by atoms with Crippen LogP contribution in [0.25, 0.3) is 0 Å². The lowest BCUT2D eigenvalue weighted by Crippen LogP contribution is -2.22. The molecule has 0 aliphatic carbocycles. The molecule has 24 heavy (non-hydrogen) atoms. The fraction of sp³-hybridized carbons (Fsp3) is 0.647. The number of alkyl halides is 3. The molecule has 0 spiro atoms. The van der Waals surface area contributed by atoms with Crippen molar-refractivity contribution >= 4 is 10.1 Å². The van der Waals surface area contributed by atoms with Crippen LogP contribution < -0.4 is 0 Å². The first kappa shape index (κ1) is 21.0. The Labute approximate surface area is 142 Å². The zero-order valence-corrected chi connectivity index (χ0v) is 15.7. The quantitative estimate of drug-likeness (QED) is 0.640. The Hall–Kier alpha value is -1.08. The fourth-order valence-electron chi connectivity index (χ4n) is 2.38. The minimum atomic E-state index is -4.71. The summed E-state index contributed by atoms with van der Waals surface area (Å²) in [5.74, 6) is -0.159. The van der Waals surface area contributed by atoms with Crippen molar-refractivity contribution in [1.82, 2.24) is 0 Å². The molecule has 1 aromatic carbocycles. The van der Waals surface area contributed by atoms with Gasteiger partial charge in [-0.15, -0.1) is 0 Å². The molecular formula is C17H25F3O3S. The van der Waals surface area contributed by atoms with E-state index in [0.717, 1.165) is 5.56 Å². The van der Waals surface area contributed by atoms with Crippen LogP contribution in [0.3, 0.4) is 0 Å². The Morgan fingerprint density at radius 1 is 0.917 bits per heavy atom. The molecule has 0 saturated heterocycles. The molecule has 0 atom stereocenters. The molecule has 0 bridgehead atoms. The lowest BCUT2D eigenvalue weighted by atomic mass is 9.89. The van der Waals surface area contributed by atoms with Crippen molar-refractivity contribution in [2.24, 2.45) is 0 Å². The summed E-state index contributed by atoms with van der Waals surface area (Å²) < 4.78 is 66.5. The summed E-state index contributed by atoms with van der Waals surface area (Å²) >= 11 is 0. The van der Waals surface area contributed by atoms with Crippen LogP contribution in [-0.4, -0.2) is 21.2 Å². The maximum absolute atomic E-state index is 12.5. The first-order valence-electron chi connectivity index (χ1n) is 7.90. The third-order valence-corrected chi connectivity index (χ3v) is 5.11. The van der Waals surface area contributed by atoms with Gasteiger partial charge in [-0.3, -0.25) is 4.18 Å². The van der Waals surface area contributed by atoms with E-state index in [4.69, 9.17) is 0 Å². The Morgan fingerprint density at radius 2 is 1.33 bits per heavy atom. The highest BCUT2D eigenvalue weighted by molar-refractivity contribution is 7.86. The molecule has 0 saturated carbocycles. The van der Waals surface area contributed by atoms with Gasteiger partial charge in [0.15, 0.2) is 6.61 Å². The molecule has 0 aromatic heterocycles. The monoisotopic (exact) mass is 366 g/mol. The molecule has 0 aliphatic heterocycles. The van der Waals surface area contributed by atoms with Gasteiger partial charge in [0.2, 0.25) is 0 Å². The number of rotatable bonds is 6. The highest BCUT2D eigenvalue weighted by Gasteiger charge is 2.34. The van der Waals surface area contributed by atoms with Crippen molar-refractivity contribution in [3.8, 4) is 0 Å². The Morgan fingerprint density at radius 3 is 1.62 bits per heavy atom. The summed E-state index contributed by atoms with van der Waals surface area (Å²) in [6.45, 7) is 9.39. The summed E-state index contributed by atoms with van der Waals surface area (Å²) in [7, 11) is -4.51. The molecule has 0 N–H and O–H groups in total. The summed E-state index contributed by atoms with van der Waals surface area (Å²) in [6.07, 6.45) is -4.71. The second kappa shape index (κ2) is 7.44. The van der Waals surface area contributed by atoms with E-state index in [1.807, 2.05) is 41.5 Å². The molecule has 1 aromatic rings. The van der Waals surface area contributed by atoms with Crippen molar-refractivity contribution in [2.45, 2.75) is 70.4 Å². The predicted molar refractivity (Wildman–Crippen MR) is 87.9 cm³/mol. The van der Waals surface area contributed by atoms with Crippen LogP contribution in [-0.2, 0) is 14.3 Å². The van der Waals surface area contributed by atoms with Gasteiger partial charge in [0.25, 0.3) is 10.1 Å². The molecule has 0 aliphatic rings. The second-order valence-electron chi connectivity index (χ2n) is 6.82. The Bertz CT molecular complexity index is 646. The lowest BCUT2D eigenvalue weighted by Gasteiger charge is -2.22. The first-order chi connectivity index (χ1) is 10.8. The van der Waals surface area contributed by atoms with E-state index >= 15 is 0 Å². The maximum Gasteiger partial charge on any atom is 0.413 e. The van der Waals surface area contributed by atoms with Gasteiger partial charge in [0, 0.05) is 0 Å². The predicted octanol–water partition coefficient (Wildman–Crippen LogP) is 5.32. The van der Waals surface area contributed by atoms with Crippen LogP contribution >= 0.6 is 0 Å². The van der Waals surface area contributed by atoms with Crippen LogP contribution in [0.15, 0.2) is 17.0 Å². The number of halogens is 3. The maximum atomic E-state index is 12.5. The molecule has 7 heteroatoms. The topological polar surface area (TPSA) is 43.4 Å². The van der Waals surface area contributed by atoms with Crippen LogP contribution in [0.5, 0.6) is 0 Å². The van der Waals surface area contributed by atoms with E-state index in [1.54, 1.807) is 12.1 Å². The molecule has 138 valence electrons. The molecule has 3 nitrogen and oxygen atoms in total. The van der Waals surface area contributed by atoms with Gasteiger partial charge in [0.05, 0.1) is 0 Å². The van der Waals surface area contributed by atoms with Crippen LogP contribution in [0, 0.1) is 0 Å². The standard InChI is InChI=1S/C17H25F3O3S/c1-10(2)13-7-14(11(3)4)16(15(8-13)12(5)6)24(21,22)23-9-17(18,19)20/h7-8,10-12H,9H2,1-6H3. The highest BCUT2D eigenvalue weighted by atomic mass is 32.2. The van der Waals surface area contributed by atoms with E-state index in [1.165, 1.54) is 0 Å². The summed E-state index contributed by atoms with van der Waals surface area (Å²) in [6, 6.07) is 3.51. The van der Waals surface area contributed by atoms with Crippen LogP contribution in [0.2, 0.25) is 0 Å². The van der Waals surface area contributed by atoms with Gasteiger partial charge in [-0.25, -0.2) is 0 Å². The average molecular weight is 366 g/mol. The molecular weight excluding hydrogens is 341 g/mol. The SMILES string of the molecule is CC(C)c1cc(C(C)C)c(S(=O)(=O)OCC(F)(F)F)c(C(C)C)c1. The molecule has 1 rings (SSSR count). The number of benzene rings is 1. The van der Waals surface area contributed by atoms with Crippen molar-refractivity contribution in [3.05, 3.63) is 28.8 Å². The largest absolute Gasteiger partial charge is 0.413 e. The summed E-state index contributed by atoms with van der Waals surface area (Å²) in [5.41, 5.74) is 1.94. The Kier molecular flexibility index (Phi) is 6.49. The van der Waals surface area contributed by atoms with E-state index in [2.05, 4.69) is 4.18 Å². The number of hydrogen-bond donors (Lipinski definition) is 0. The third-order valence-electron chi connectivity index (χ3n) is 3.71. The normalized spacial score (nSPS) is 13.3. The van der Waals surface area contributed by atoms with E-state index in [-0.39, 0.29) is 22.6 Å². The molecule has 0 unspecified atom stereocenters. The van der Waals surface area contributed by atoms with E-state index < -0.39 is 22.9 Å². The lowest BCUT2D eigenvalue weighted by molar-refractivity contribution is -0.152. The highest BCUT2D eigenvalue weighted by Crippen LogP contribution is 2.36. The minimum Gasteiger partial charge on any atom is -0.257 e. The van der Waals surface area contributed by atoms with Gasteiger partial charge in [0.1, 0.15) is 4.90 Å². The van der Waals surface area contributed by atoms with E-state index in [9.17, 15) is 21.6 Å². The first-order valence-corrected chi connectivity index (χ1v) is 9.31. The average Bonchev–Trinajstić information content (AvgIpc) is 2.42. The number of hydrogen-bond acceptors (Lipinski definition) is 3. The summed E-state index contributed by atoms with van der Waals surface area (Å²) in [5, 5.41) is 0. The minimum absolute atomic E-state index is 0.124. The van der Waals surface area contributed by atoms with Gasteiger partial charge in [-0.1, -0.05) is 53.7 Å². The van der Waals surface area contributed by atoms with Crippen molar-refractivity contribution in [1.29, 1.82) is 0 Å². The third kappa shape index (κ3) is 5.21. The van der Waals surface area contributed by atoms with Crippen LogP contribution in [0.1, 0.15) is 76.0 Å².